The van der Waals surface area contributed by atoms with E-state index >= 15 is 0 Å². The first-order chi connectivity index (χ1) is 6.18. The van der Waals surface area contributed by atoms with Crippen LogP contribution < -0.4 is 0 Å². The fourth-order valence-corrected chi connectivity index (χ4v) is 2.15. The number of carbonyl (C=O) groups excluding carboxylic acids is 1. The molecule has 0 N–H and O–H groups in total. The number of rotatable bonds is 1. The molecule has 3 saturated heterocycles. The van der Waals surface area contributed by atoms with Crippen LogP contribution in [0.5, 0.6) is 0 Å². The quantitative estimate of drug-likeness (QED) is 0.607. The first kappa shape index (κ1) is 9.00. The highest BCUT2D eigenvalue weighted by atomic mass is 16.5. The Morgan fingerprint density at radius 3 is 2.62 bits per heavy atom. The molecule has 2 unspecified atom stereocenters. The number of nitrogens with zero attached hydrogens (tertiary/aromatic N) is 1. The van der Waals surface area contributed by atoms with Gasteiger partial charge in [0.2, 0.25) is 5.91 Å². The van der Waals surface area contributed by atoms with E-state index in [0.717, 1.165) is 26.0 Å². The van der Waals surface area contributed by atoms with Crippen LogP contribution in [-0.4, -0.2) is 36.1 Å². The van der Waals surface area contributed by atoms with Gasteiger partial charge in [0.25, 0.3) is 0 Å². The minimum atomic E-state index is 0.124. The maximum absolute atomic E-state index is 11.8. The van der Waals surface area contributed by atoms with Gasteiger partial charge < -0.3 is 9.64 Å². The molecule has 3 heterocycles. The molecular weight excluding hydrogens is 166 g/mol. The van der Waals surface area contributed by atoms with Crippen LogP contribution >= 0.6 is 0 Å². The highest BCUT2D eigenvalue weighted by Gasteiger charge is 2.37. The molecule has 3 rings (SSSR count). The van der Waals surface area contributed by atoms with Gasteiger partial charge in [-0.1, -0.05) is 13.8 Å². The minimum Gasteiger partial charge on any atom is -0.374 e. The first-order valence-corrected chi connectivity index (χ1v) is 5.10. The number of hydrogen-bond acceptors (Lipinski definition) is 2. The van der Waals surface area contributed by atoms with Gasteiger partial charge >= 0.3 is 0 Å². The number of morpholine rings is 1. The van der Waals surface area contributed by atoms with Crippen LogP contribution in [0.4, 0.5) is 0 Å². The summed E-state index contributed by atoms with van der Waals surface area (Å²) in [6, 6.07) is 0.361. The summed E-state index contributed by atoms with van der Waals surface area (Å²) in [5, 5.41) is 0. The number of fused-ring (bicyclic) bond motifs is 3. The third-order valence-electron chi connectivity index (χ3n) is 2.96. The van der Waals surface area contributed by atoms with Crippen molar-refractivity contribution in [3.8, 4) is 0 Å². The van der Waals surface area contributed by atoms with E-state index in [1.54, 1.807) is 0 Å². The Morgan fingerprint density at radius 2 is 2.23 bits per heavy atom. The molecule has 0 radical (unpaired) electrons. The topological polar surface area (TPSA) is 29.5 Å². The second kappa shape index (κ2) is 3.29. The molecule has 3 aliphatic heterocycles. The lowest BCUT2D eigenvalue weighted by atomic mass is 9.95. The molecule has 13 heavy (non-hydrogen) atoms. The van der Waals surface area contributed by atoms with Crippen LogP contribution in [-0.2, 0) is 9.53 Å². The second-order valence-electron chi connectivity index (χ2n) is 4.33. The van der Waals surface area contributed by atoms with E-state index in [0.29, 0.717) is 12.1 Å². The summed E-state index contributed by atoms with van der Waals surface area (Å²) in [5.41, 5.74) is 0. The molecule has 1 amide bonds. The monoisotopic (exact) mass is 183 g/mol. The molecule has 0 aromatic rings. The fourth-order valence-electron chi connectivity index (χ4n) is 2.15. The molecule has 3 heteroatoms. The van der Waals surface area contributed by atoms with Crippen molar-refractivity contribution in [1.29, 1.82) is 0 Å². The van der Waals surface area contributed by atoms with Gasteiger partial charge in [0.1, 0.15) is 0 Å². The van der Waals surface area contributed by atoms with Gasteiger partial charge in [-0.3, -0.25) is 4.79 Å². The molecular formula is C10H17NO2. The molecule has 0 aromatic heterocycles. The molecule has 2 atom stereocenters. The van der Waals surface area contributed by atoms with Crippen LogP contribution in [0.15, 0.2) is 0 Å². The summed E-state index contributed by atoms with van der Waals surface area (Å²) in [7, 11) is 0. The highest BCUT2D eigenvalue weighted by molar-refractivity contribution is 5.78. The lowest BCUT2D eigenvalue weighted by molar-refractivity contribution is -0.157. The number of hydrogen-bond donors (Lipinski definition) is 0. The smallest absolute Gasteiger partial charge is 0.225 e. The van der Waals surface area contributed by atoms with E-state index in [4.69, 9.17) is 4.74 Å². The maximum atomic E-state index is 11.8. The van der Waals surface area contributed by atoms with Crippen molar-refractivity contribution in [2.45, 2.75) is 38.8 Å². The van der Waals surface area contributed by atoms with E-state index in [1.807, 2.05) is 18.7 Å². The standard InChI is InChI=1S/C10H17NO2/c1-7(2)10(12)11-5-9-4-3-8(11)6-13-9/h7-9H,3-6H2,1-2H3. The van der Waals surface area contributed by atoms with E-state index in [1.165, 1.54) is 0 Å². The predicted molar refractivity (Wildman–Crippen MR) is 49.3 cm³/mol. The van der Waals surface area contributed by atoms with Crippen molar-refractivity contribution in [3.63, 3.8) is 0 Å². The lowest BCUT2D eigenvalue weighted by Gasteiger charge is -2.45. The van der Waals surface area contributed by atoms with E-state index in [9.17, 15) is 4.79 Å². The van der Waals surface area contributed by atoms with Crippen LogP contribution in [0.25, 0.3) is 0 Å². The zero-order valence-corrected chi connectivity index (χ0v) is 8.32. The van der Waals surface area contributed by atoms with E-state index in [-0.39, 0.29) is 11.8 Å². The Hall–Kier alpha value is -0.570. The maximum Gasteiger partial charge on any atom is 0.225 e. The number of carbonyl (C=O) groups is 1. The average molecular weight is 183 g/mol. The Labute approximate surface area is 79.0 Å². The SMILES string of the molecule is CC(C)C(=O)N1CC2CCC1CO2. The van der Waals surface area contributed by atoms with Gasteiger partial charge in [-0.05, 0) is 12.8 Å². The van der Waals surface area contributed by atoms with Gasteiger partial charge in [0.05, 0.1) is 18.8 Å². The third kappa shape index (κ3) is 1.57. The molecule has 0 saturated carbocycles. The van der Waals surface area contributed by atoms with Gasteiger partial charge in [-0.25, -0.2) is 0 Å². The molecule has 3 fully saturated rings. The van der Waals surface area contributed by atoms with Crippen molar-refractivity contribution < 1.29 is 9.53 Å². The predicted octanol–water partition coefficient (Wildman–Crippen LogP) is 1.03. The number of ether oxygens (including phenoxy) is 1. The van der Waals surface area contributed by atoms with Gasteiger partial charge in [-0.15, -0.1) is 0 Å². The summed E-state index contributed by atoms with van der Waals surface area (Å²) in [6.45, 7) is 5.50. The normalized spacial score (nSPS) is 32.7. The average Bonchev–Trinajstić information content (AvgIpc) is 2.18. The summed E-state index contributed by atoms with van der Waals surface area (Å²) < 4.78 is 5.54. The van der Waals surface area contributed by atoms with Crippen molar-refractivity contribution in [1.82, 2.24) is 4.90 Å². The largest absolute Gasteiger partial charge is 0.374 e. The summed E-state index contributed by atoms with van der Waals surface area (Å²) in [6.07, 6.45) is 2.57. The van der Waals surface area contributed by atoms with Crippen molar-refractivity contribution in [3.05, 3.63) is 0 Å². The Kier molecular flexibility index (Phi) is 2.28. The van der Waals surface area contributed by atoms with Gasteiger partial charge in [0.15, 0.2) is 0 Å². The Bertz CT molecular complexity index is 207. The van der Waals surface area contributed by atoms with Crippen LogP contribution in [0.3, 0.4) is 0 Å². The molecule has 0 aromatic carbocycles. The second-order valence-corrected chi connectivity index (χ2v) is 4.33. The fraction of sp³-hybridized carbons (Fsp3) is 0.900. The van der Waals surface area contributed by atoms with Crippen LogP contribution in [0.1, 0.15) is 26.7 Å². The highest BCUT2D eigenvalue weighted by Crippen LogP contribution is 2.27. The van der Waals surface area contributed by atoms with Gasteiger partial charge in [0, 0.05) is 12.5 Å². The van der Waals surface area contributed by atoms with Crippen molar-refractivity contribution in [2.24, 2.45) is 5.92 Å². The van der Waals surface area contributed by atoms with Crippen molar-refractivity contribution >= 4 is 5.91 Å². The Morgan fingerprint density at radius 1 is 1.46 bits per heavy atom. The van der Waals surface area contributed by atoms with Gasteiger partial charge in [-0.2, -0.15) is 0 Å². The lowest BCUT2D eigenvalue weighted by Crippen LogP contribution is -2.57. The van der Waals surface area contributed by atoms with Crippen LogP contribution in [0.2, 0.25) is 0 Å². The minimum absolute atomic E-state index is 0.124. The molecule has 74 valence electrons. The summed E-state index contributed by atoms with van der Waals surface area (Å²) in [4.78, 5) is 13.8. The summed E-state index contributed by atoms with van der Waals surface area (Å²) >= 11 is 0. The Balaban J connectivity index is 2.04. The van der Waals surface area contributed by atoms with Crippen molar-refractivity contribution in [2.75, 3.05) is 13.2 Å². The molecule has 3 aliphatic rings. The molecule has 0 aliphatic carbocycles. The molecule has 3 nitrogen and oxygen atoms in total. The zero-order chi connectivity index (χ0) is 9.42. The van der Waals surface area contributed by atoms with E-state index in [2.05, 4.69) is 0 Å². The summed E-state index contributed by atoms with van der Waals surface area (Å²) in [5.74, 6) is 0.414. The number of piperidine rings is 1. The van der Waals surface area contributed by atoms with E-state index < -0.39 is 0 Å². The van der Waals surface area contributed by atoms with Crippen LogP contribution in [0, 0.1) is 5.92 Å². The first-order valence-electron chi connectivity index (χ1n) is 5.10. The molecule has 0 spiro atoms. The number of amides is 1. The zero-order valence-electron chi connectivity index (χ0n) is 8.32. The third-order valence-corrected chi connectivity index (χ3v) is 2.96. The molecule has 2 bridgehead atoms.